The Morgan fingerprint density at radius 3 is 2.58 bits per heavy atom. The van der Waals surface area contributed by atoms with E-state index in [1.807, 2.05) is 0 Å². The Morgan fingerprint density at radius 2 is 2.11 bits per heavy atom. The third-order valence-corrected chi connectivity index (χ3v) is 2.57. The summed E-state index contributed by atoms with van der Waals surface area (Å²) in [4.78, 5) is 34.9. The fourth-order valence-corrected chi connectivity index (χ4v) is 1.64. The summed E-state index contributed by atoms with van der Waals surface area (Å²) in [6.45, 7) is -1.72. The first-order valence-corrected chi connectivity index (χ1v) is 5.54. The SMILES string of the molecule is CN(CC(=O)NCC(F)(F)F)C(=O)C1CNC(=O)C1. The van der Waals surface area contributed by atoms with Gasteiger partial charge in [0.15, 0.2) is 0 Å². The predicted molar refractivity (Wildman–Crippen MR) is 57.8 cm³/mol. The van der Waals surface area contributed by atoms with Crippen LogP contribution in [0.1, 0.15) is 6.42 Å². The summed E-state index contributed by atoms with van der Waals surface area (Å²) < 4.78 is 35.6. The maximum absolute atomic E-state index is 11.9. The smallest absolute Gasteiger partial charge is 0.355 e. The molecule has 0 saturated carbocycles. The number of rotatable bonds is 4. The van der Waals surface area contributed by atoms with Crippen molar-refractivity contribution in [3.05, 3.63) is 0 Å². The minimum absolute atomic E-state index is 0.0351. The summed E-state index contributed by atoms with van der Waals surface area (Å²) in [5, 5.41) is 4.14. The van der Waals surface area contributed by atoms with Gasteiger partial charge in [0.1, 0.15) is 6.54 Å². The summed E-state index contributed by atoms with van der Waals surface area (Å²) in [7, 11) is 1.30. The first-order valence-electron chi connectivity index (χ1n) is 5.54. The molecule has 3 amide bonds. The standard InChI is InChI=1S/C10H14F3N3O3/c1-16(4-8(18)15-5-10(11,12)13)9(19)6-2-7(17)14-3-6/h6H,2-5H2,1H3,(H,14,17)(H,15,18). The average Bonchev–Trinajstić information content (AvgIpc) is 2.71. The molecule has 19 heavy (non-hydrogen) atoms. The molecule has 0 radical (unpaired) electrons. The highest BCUT2D eigenvalue weighted by Gasteiger charge is 2.31. The molecule has 0 bridgehead atoms. The number of carbonyl (C=O) groups is 3. The zero-order valence-electron chi connectivity index (χ0n) is 10.2. The third-order valence-electron chi connectivity index (χ3n) is 2.57. The number of carbonyl (C=O) groups excluding carboxylic acids is 3. The Labute approximate surface area is 107 Å². The van der Waals surface area contributed by atoms with Crippen molar-refractivity contribution in [3.63, 3.8) is 0 Å². The highest BCUT2D eigenvalue weighted by atomic mass is 19.4. The number of halogens is 3. The minimum Gasteiger partial charge on any atom is -0.355 e. The zero-order chi connectivity index (χ0) is 14.6. The van der Waals surface area contributed by atoms with Crippen LogP contribution in [0.5, 0.6) is 0 Å². The van der Waals surface area contributed by atoms with E-state index in [1.54, 1.807) is 5.32 Å². The number of likely N-dealkylation sites (N-methyl/N-ethyl adjacent to an activating group) is 1. The van der Waals surface area contributed by atoms with E-state index in [-0.39, 0.29) is 18.9 Å². The number of nitrogens with one attached hydrogen (secondary N) is 2. The number of hydrogen-bond acceptors (Lipinski definition) is 3. The number of nitrogens with zero attached hydrogens (tertiary/aromatic N) is 1. The molecule has 1 heterocycles. The van der Waals surface area contributed by atoms with E-state index in [1.165, 1.54) is 7.05 Å². The predicted octanol–water partition coefficient (Wildman–Crippen LogP) is -0.741. The van der Waals surface area contributed by atoms with Crippen molar-refractivity contribution in [3.8, 4) is 0 Å². The molecule has 1 rings (SSSR count). The fourth-order valence-electron chi connectivity index (χ4n) is 1.64. The minimum atomic E-state index is -4.49. The van der Waals surface area contributed by atoms with E-state index in [0.29, 0.717) is 0 Å². The topological polar surface area (TPSA) is 78.5 Å². The molecule has 9 heteroatoms. The molecule has 1 atom stereocenters. The number of hydrogen-bond donors (Lipinski definition) is 2. The Bertz CT molecular complexity index is 384. The van der Waals surface area contributed by atoms with Gasteiger partial charge >= 0.3 is 6.18 Å². The summed E-state index contributed by atoms with van der Waals surface area (Å²) in [6, 6.07) is 0. The highest BCUT2D eigenvalue weighted by molar-refractivity contribution is 5.91. The van der Waals surface area contributed by atoms with Crippen LogP contribution < -0.4 is 10.6 Å². The molecular weight excluding hydrogens is 267 g/mol. The quantitative estimate of drug-likeness (QED) is 0.712. The van der Waals surface area contributed by atoms with Crippen molar-refractivity contribution in [1.29, 1.82) is 0 Å². The largest absolute Gasteiger partial charge is 0.405 e. The van der Waals surface area contributed by atoms with Gasteiger partial charge in [-0.1, -0.05) is 0 Å². The highest BCUT2D eigenvalue weighted by Crippen LogP contribution is 2.13. The monoisotopic (exact) mass is 281 g/mol. The molecular formula is C10H14F3N3O3. The van der Waals surface area contributed by atoms with Crippen LogP contribution in [0.4, 0.5) is 13.2 Å². The van der Waals surface area contributed by atoms with Crippen LogP contribution in [0.3, 0.4) is 0 Å². The Kier molecular flexibility index (Phi) is 4.73. The molecule has 1 saturated heterocycles. The lowest BCUT2D eigenvalue weighted by Crippen LogP contribution is -2.43. The molecule has 0 aromatic rings. The van der Waals surface area contributed by atoms with Gasteiger partial charge in [0.05, 0.1) is 12.5 Å². The molecule has 1 fully saturated rings. The van der Waals surface area contributed by atoms with Crippen LogP contribution in [-0.2, 0) is 14.4 Å². The van der Waals surface area contributed by atoms with Gasteiger partial charge in [-0.2, -0.15) is 13.2 Å². The van der Waals surface area contributed by atoms with Crippen molar-refractivity contribution in [2.45, 2.75) is 12.6 Å². The maximum Gasteiger partial charge on any atom is 0.405 e. The normalized spacial score (nSPS) is 18.9. The molecule has 0 aromatic carbocycles. The molecule has 0 aliphatic carbocycles. The van der Waals surface area contributed by atoms with Gasteiger partial charge < -0.3 is 15.5 Å². The molecule has 6 nitrogen and oxygen atoms in total. The van der Waals surface area contributed by atoms with Crippen molar-refractivity contribution < 1.29 is 27.6 Å². The molecule has 2 N–H and O–H groups in total. The summed E-state index contributed by atoms with van der Waals surface area (Å²) >= 11 is 0. The van der Waals surface area contributed by atoms with E-state index < -0.39 is 37.0 Å². The van der Waals surface area contributed by atoms with E-state index >= 15 is 0 Å². The molecule has 1 aliphatic rings. The van der Waals surface area contributed by atoms with E-state index in [0.717, 1.165) is 4.90 Å². The van der Waals surface area contributed by atoms with Crippen LogP contribution >= 0.6 is 0 Å². The zero-order valence-corrected chi connectivity index (χ0v) is 10.2. The Balaban J connectivity index is 2.37. The lowest BCUT2D eigenvalue weighted by atomic mass is 10.1. The second-order valence-corrected chi connectivity index (χ2v) is 4.29. The molecule has 0 spiro atoms. The van der Waals surface area contributed by atoms with E-state index in [4.69, 9.17) is 0 Å². The Morgan fingerprint density at radius 1 is 1.47 bits per heavy atom. The lowest BCUT2D eigenvalue weighted by Gasteiger charge is -2.19. The number of alkyl halides is 3. The molecule has 1 unspecified atom stereocenters. The second-order valence-electron chi connectivity index (χ2n) is 4.29. The van der Waals surface area contributed by atoms with Gasteiger partial charge in [-0.15, -0.1) is 0 Å². The van der Waals surface area contributed by atoms with Gasteiger partial charge in [-0.25, -0.2) is 0 Å². The number of amides is 3. The van der Waals surface area contributed by atoms with Crippen molar-refractivity contribution in [2.24, 2.45) is 5.92 Å². The van der Waals surface area contributed by atoms with Crippen molar-refractivity contribution >= 4 is 17.7 Å². The van der Waals surface area contributed by atoms with Crippen molar-refractivity contribution in [2.75, 3.05) is 26.7 Å². The molecule has 0 aromatic heterocycles. The van der Waals surface area contributed by atoms with E-state index in [2.05, 4.69) is 5.32 Å². The fraction of sp³-hybridized carbons (Fsp3) is 0.700. The van der Waals surface area contributed by atoms with Crippen LogP contribution in [0.2, 0.25) is 0 Å². The van der Waals surface area contributed by atoms with Gasteiger partial charge in [0.2, 0.25) is 17.7 Å². The van der Waals surface area contributed by atoms with Crippen LogP contribution in [0.15, 0.2) is 0 Å². The van der Waals surface area contributed by atoms with Crippen LogP contribution in [0, 0.1) is 5.92 Å². The van der Waals surface area contributed by atoms with Gasteiger partial charge in [-0.05, 0) is 0 Å². The summed E-state index contributed by atoms with van der Waals surface area (Å²) in [5.41, 5.74) is 0. The first-order chi connectivity index (χ1) is 8.69. The summed E-state index contributed by atoms with van der Waals surface area (Å²) in [6.07, 6.45) is -4.45. The maximum atomic E-state index is 11.9. The third kappa shape index (κ3) is 5.14. The van der Waals surface area contributed by atoms with Gasteiger partial charge in [0.25, 0.3) is 0 Å². The molecule has 1 aliphatic heterocycles. The second kappa shape index (κ2) is 5.89. The van der Waals surface area contributed by atoms with Gasteiger partial charge in [0, 0.05) is 20.0 Å². The average molecular weight is 281 g/mol. The summed E-state index contributed by atoms with van der Waals surface area (Å²) in [5.74, 6) is -2.16. The first kappa shape index (κ1) is 15.3. The lowest BCUT2D eigenvalue weighted by molar-refractivity contribution is -0.142. The Hall–Kier alpha value is -1.80. The van der Waals surface area contributed by atoms with Crippen LogP contribution in [-0.4, -0.2) is 55.5 Å². The molecule has 108 valence electrons. The van der Waals surface area contributed by atoms with E-state index in [9.17, 15) is 27.6 Å². The van der Waals surface area contributed by atoms with Crippen molar-refractivity contribution in [1.82, 2.24) is 15.5 Å². The van der Waals surface area contributed by atoms with Gasteiger partial charge in [-0.3, -0.25) is 14.4 Å². The van der Waals surface area contributed by atoms with Crippen LogP contribution in [0.25, 0.3) is 0 Å².